The summed E-state index contributed by atoms with van der Waals surface area (Å²) in [7, 11) is 0. The van der Waals surface area contributed by atoms with Gasteiger partial charge in [-0.05, 0) is 30.9 Å². The lowest BCUT2D eigenvalue weighted by molar-refractivity contribution is 0.0909. The number of anilines is 1. The topological polar surface area (TPSA) is 98.0 Å². The normalized spacial score (nSPS) is 15.0. The predicted molar refractivity (Wildman–Crippen MR) is 113 cm³/mol. The van der Waals surface area contributed by atoms with Gasteiger partial charge in [-0.3, -0.25) is 14.9 Å². The second kappa shape index (κ2) is 7.49. The van der Waals surface area contributed by atoms with Gasteiger partial charge < -0.3 is 4.52 Å². The number of nitrogens with one attached hydrogen (secondary N) is 1. The molecule has 1 N–H and O–H groups in total. The monoisotopic (exact) mass is 444 g/mol. The maximum atomic E-state index is 13.0. The molecule has 0 atom stereocenters. The van der Waals surface area contributed by atoms with Gasteiger partial charge in [0.1, 0.15) is 17.0 Å². The van der Waals surface area contributed by atoms with E-state index in [9.17, 15) is 9.59 Å². The van der Waals surface area contributed by atoms with Gasteiger partial charge in [-0.15, -0.1) is 0 Å². The number of carbonyl (C=O) groups is 2. The molecule has 1 aliphatic carbocycles. The van der Waals surface area contributed by atoms with E-state index in [1.807, 2.05) is 13.8 Å². The Kier molecular flexibility index (Phi) is 5.11. The number of hydrogen-bond donors (Lipinski definition) is 1. The summed E-state index contributed by atoms with van der Waals surface area (Å²) in [6.07, 6.45) is 2.52. The highest BCUT2D eigenvalue weighted by Crippen LogP contribution is 2.37. The van der Waals surface area contributed by atoms with E-state index < -0.39 is 5.91 Å². The number of amides is 1. The van der Waals surface area contributed by atoms with Gasteiger partial charge in [0.05, 0.1) is 21.3 Å². The standard InChI is InChI=1S/C21H18Cl2N4O3/c1-10-16(18(27-30-10)17-12(22)5-4-6-13(17)23)19(29)26-20-24-9-11-14(25-20)7-21(2,3)8-15(11)28/h4-6,9H,7-8H2,1-3H3,(H,24,25,26,29). The van der Waals surface area contributed by atoms with Crippen LogP contribution in [0.3, 0.4) is 0 Å². The highest BCUT2D eigenvalue weighted by molar-refractivity contribution is 6.39. The van der Waals surface area contributed by atoms with Gasteiger partial charge in [-0.2, -0.15) is 0 Å². The van der Waals surface area contributed by atoms with Crippen LogP contribution >= 0.6 is 23.2 Å². The fraction of sp³-hybridized carbons (Fsp3) is 0.286. The van der Waals surface area contributed by atoms with Gasteiger partial charge >= 0.3 is 0 Å². The number of halogens is 2. The highest BCUT2D eigenvalue weighted by atomic mass is 35.5. The number of hydrogen-bond acceptors (Lipinski definition) is 6. The van der Waals surface area contributed by atoms with Crippen LogP contribution in [-0.2, 0) is 6.42 Å². The molecule has 0 bridgehead atoms. The summed E-state index contributed by atoms with van der Waals surface area (Å²) < 4.78 is 5.24. The van der Waals surface area contributed by atoms with Crippen LogP contribution in [-0.4, -0.2) is 26.8 Å². The van der Waals surface area contributed by atoms with E-state index in [-0.39, 0.29) is 28.4 Å². The molecule has 0 unspecified atom stereocenters. The third kappa shape index (κ3) is 3.70. The van der Waals surface area contributed by atoms with Crippen LogP contribution < -0.4 is 5.32 Å². The Hall–Kier alpha value is -2.77. The zero-order valence-electron chi connectivity index (χ0n) is 16.5. The maximum absolute atomic E-state index is 13.0. The Morgan fingerprint density at radius 3 is 2.60 bits per heavy atom. The van der Waals surface area contributed by atoms with Crippen LogP contribution in [0.5, 0.6) is 0 Å². The maximum Gasteiger partial charge on any atom is 0.263 e. The molecule has 0 radical (unpaired) electrons. The summed E-state index contributed by atoms with van der Waals surface area (Å²) in [5, 5.41) is 7.33. The lowest BCUT2D eigenvalue weighted by Crippen LogP contribution is -2.28. The number of aryl methyl sites for hydroxylation is 1. The molecule has 0 fully saturated rings. The number of nitrogens with zero attached hydrogens (tertiary/aromatic N) is 3. The van der Waals surface area contributed by atoms with Gasteiger partial charge in [0, 0.05) is 18.2 Å². The molecule has 0 spiro atoms. The van der Waals surface area contributed by atoms with Crippen LogP contribution in [0.15, 0.2) is 28.9 Å². The van der Waals surface area contributed by atoms with E-state index in [1.165, 1.54) is 6.20 Å². The number of rotatable bonds is 3. The summed E-state index contributed by atoms with van der Waals surface area (Å²) in [6.45, 7) is 5.63. The lowest BCUT2D eigenvalue weighted by Gasteiger charge is -2.29. The number of ketones is 1. The molecule has 2 aromatic heterocycles. The summed E-state index contributed by atoms with van der Waals surface area (Å²) in [5.74, 6) is -0.112. The average Bonchev–Trinajstić information content (AvgIpc) is 3.01. The molecular weight excluding hydrogens is 427 g/mol. The summed E-state index contributed by atoms with van der Waals surface area (Å²) >= 11 is 12.6. The van der Waals surface area contributed by atoms with Crippen LogP contribution in [0.1, 0.15) is 52.4 Å². The molecule has 9 heteroatoms. The van der Waals surface area contributed by atoms with Crippen LogP contribution in [0.25, 0.3) is 11.3 Å². The minimum absolute atomic E-state index is 0.00431. The van der Waals surface area contributed by atoms with Crippen molar-refractivity contribution in [3.63, 3.8) is 0 Å². The van der Waals surface area contributed by atoms with Crippen molar-refractivity contribution in [2.45, 2.75) is 33.6 Å². The van der Waals surface area contributed by atoms with Gasteiger partial charge in [-0.1, -0.05) is 48.3 Å². The van der Waals surface area contributed by atoms with Gasteiger partial charge in [0.15, 0.2) is 5.78 Å². The first-order chi connectivity index (χ1) is 14.2. The van der Waals surface area contributed by atoms with Crippen molar-refractivity contribution in [1.82, 2.24) is 15.1 Å². The number of Topliss-reactive ketones (excluding diaryl/α,β-unsaturated/α-hetero) is 1. The predicted octanol–water partition coefficient (Wildman–Crippen LogP) is 5.15. The second-order valence-electron chi connectivity index (χ2n) is 8.01. The average molecular weight is 445 g/mol. The Morgan fingerprint density at radius 1 is 1.20 bits per heavy atom. The molecular formula is C21H18Cl2N4O3. The number of benzene rings is 1. The van der Waals surface area contributed by atoms with Crippen LogP contribution in [0.2, 0.25) is 10.0 Å². The quantitative estimate of drug-likeness (QED) is 0.599. The second-order valence-corrected chi connectivity index (χ2v) is 8.82. The largest absolute Gasteiger partial charge is 0.360 e. The van der Waals surface area contributed by atoms with Crippen LogP contribution in [0, 0.1) is 12.3 Å². The summed E-state index contributed by atoms with van der Waals surface area (Å²) in [5.41, 5.74) is 1.74. The SMILES string of the molecule is Cc1onc(-c2c(Cl)cccc2Cl)c1C(=O)Nc1ncc2c(n1)CC(C)(C)CC2=O. The zero-order chi connectivity index (χ0) is 21.6. The minimum Gasteiger partial charge on any atom is -0.360 e. The Balaban J connectivity index is 1.68. The smallest absolute Gasteiger partial charge is 0.263 e. The van der Waals surface area contributed by atoms with Gasteiger partial charge in [-0.25, -0.2) is 9.97 Å². The fourth-order valence-electron chi connectivity index (χ4n) is 3.59. The van der Waals surface area contributed by atoms with Crippen molar-refractivity contribution in [2.24, 2.45) is 5.41 Å². The third-order valence-corrected chi connectivity index (χ3v) is 5.60. The number of carbonyl (C=O) groups excluding carboxylic acids is 2. The van der Waals surface area contributed by atoms with E-state index in [1.54, 1.807) is 25.1 Å². The van der Waals surface area contributed by atoms with E-state index in [2.05, 4.69) is 20.4 Å². The molecule has 4 rings (SSSR count). The number of aromatic nitrogens is 3. The number of fused-ring (bicyclic) bond motifs is 1. The van der Waals surface area contributed by atoms with Gasteiger partial charge in [0.25, 0.3) is 5.91 Å². The molecule has 1 aromatic carbocycles. The first kappa shape index (κ1) is 20.5. The molecule has 1 aliphatic rings. The molecule has 0 saturated carbocycles. The van der Waals surface area contributed by atoms with Crippen molar-refractivity contribution in [2.75, 3.05) is 5.32 Å². The first-order valence-corrected chi connectivity index (χ1v) is 10.0. The summed E-state index contributed by atoms with van der Waals surface area (Å²) in [6, 6.07) is 5.00. The van der Waals surface area contributed by atoms with Crippen LogP contribution in [0.4, 0.5) is 5.95 Å². The third-order valence-electron chi connectivity index (χ3n) is 4.97. The highest BCUT2D eigenvalue weighted by Gasteiger charge is 2.33. The molecule has 0 aliphatic heterocycles. The Morgan fingerprint density at radius 2 is 1.90 bits per heavy atom. The van der Waals surface area contributed by atoms with Gasteiger partial charge in [0.2, 0.25) is 5.95 Å². The molecule has 30 heavy (non-hydrogen) atoms. The molecule has 154 valence electrons. The van der Waals surface area contributed by atoms with Crippen molar-refractivity contribution >= 4 is 40.8 Å². The van der Waals surface area contributed by atoms with E-state index in [4.69, 9.17) is 27.7 Å². The molecule has 0 saturated heterocycles. The lowest BCUT2D eigenvalue weighted by atomic mass is 9.76. The van der Waals surface area contributed by atoms with Crippen molar-refractivity contribution in [1.29, 1.82) is 0 Å². The molecule has 2 heterocycles. The minimum atomic E-state index is -0.513. The van der Waals surface area contributed by atoms with Crippen molar-refractivity contribution in [3.05, 3.63) is 57.0 Å². The van der Waals surface area contributed by atoms with E-state index in [0.29, 0.717) is 45.5 Å². The molecule has 1 amide bonds. The van der Waals surface area contributed by atoms with E-state index in [0.717, 1.165) is 0 Å². The summed E-state index contributed by atoms with van der Waals surface area (Å²) in [4.78, 5) is 33.9. The van der Waals surface area contributed by atoms with E-state index >= 15 is 0 Å². The zero-order valence-corrected chi connectivity index (χ0v) is 18.1. The van der Waals surface area contributed by atoms with Crippen molar-refractivity contribution in [3.8, 4) is 11.3 Å². The Labute approximate surface area is 182 Å². The molecule has 7 nitrogen and oxygen atoms in total. The van der Waals surface area contributed by atoms with Crippen molar-refractivity contribution < 1.29 is 14.1 Å². The molecule has 3 aromatic rings. The Bertz CT molecular complexity index is 1170. The first-order valence-electron chi connectivity index (χ1n) is 9.27. The fourth-order valence-corrected chi connectivity index (χ4v) is 4.17.